The molecular formula is C19H22N4OS. The molecule has 3 heterocycles. The summed E-state index contributed by atoms with van der Waals surface area (Å²) in [5.74, 6) is 0.610. The molecule has 1 saturated heterocycles. The van der Waals surface area contributed by atoms with Crippen molar-refractivity contribution in [3.8, 4) is 0 Å². The van der Waals surface area contributed by atoms with Crippen molar-refractivity contribution in [3.63, 3.8) is 0 Å². The Morgan fingerprint density at radius 3 is 3.00 bits per heavy atom. The highest BCUT2D eigenvalue weighted by Crippen LogP contribution is 2.33. The van der Waals surface area contributed by atoms with Gasteiger partial charge < -0.3 is 4.90 Å². The maximum absolute atomic E-state index is 12.6. The van der Waals surface area contributed by atoms with Crippen LogP contribution in [0.5, 0.6) is 0 Å². The molecule has 1 aliphatic heterocycles. The largest absolute Gasteiger partial charge is 0.342 e. The maximum atomic E-state index is 12.6. The van der Waals surface area contributed by atoms with Crippen LogP contribution in [0.4, 0.5) is 0 Å². The lowest BCUT2D eigenvalue weighted by molar-refractivity contribution is -0.132. The summed E-state index contributed by atoms with van der Waals surface area (Å²) in [4.78, 5) is 19.5. The minimum absolute atomic E-state index is 0.243. The van der Waals surface area contributed by atoms with E-state index in [0.29, 0.717) is 12.3 Å². The van der Waals surface area contributed by atoms with Crippen molar-refractivity contribution < 1.29 is 4.79 Å². The second-order valence-corrected chi connectivity index (χ2v) is 7.71. The molecule has 2 aromatic heterocycles. The molecule has 0 radical (unpaired) electrons. The van der Waals surface area contributed by atoms with Gasteiger partial charge in [0.2, 0.25) is 5.91 Å². The Balaban J connectivity index is 1.41. The third-order valence-corrected chi connectivity index (χ3v) is 6.15. The summed E-state index contributed by atoms with van der Waals surface area (Å²) in [6.07, 6.45) is 5.25. The Labute approximate surface area is 151 Å². The molecule has 0 saturated carbocycles. The zero-order valence-electron chi connectivity index (χ0n) is 14.4. The number of carbonyl (C=O) groups excluding carboxylic acids is 1. The Morgan fingerprint density at radius 1 is 1.32 bits per heavy atom. The van der Waals surface area contributed by atoms with Crippen LogP contribution in [0.25, 0.3) is 10.2 Å². The summed E-state index contributed by atoms with van der Waals surface area (Å²) in [6.45, 7) is 1.66. The van der Waals surface area contributed by atoms with Crippen LogP contribution in [0.2, 0.25) is 0 Å². The first kappa shape index (κ1) is 16.3. The lowest BCUT2D eigenvalue weighted by atomic mass is 9.98. The lowest BCUT2D eigenvalue weighted by Crippen LogP contribution is -2.39. The van der Waals surface area contributed by atoms with E-state index < -0.39 is 0 Å². The number of para-hydroxylation sites is 1. The molecule has 6 heteroatoms. The van der Waals surface area contributed by atoms with Crippen LogP contribution in [0.3, 0.4) is 0 Å². The Kier molecular flexibility index (Phi) is 4.53. The van der Waals surface area contributed by atoms with Gasteiger partial charge in [-0.2, -0.15) is 5.10 Å². The highest BCUT2D eigenvalue weighted by atomic mass is 32.1. The number of rotatable bonds is 4. The van der Waals surface area contributed by atoms with Crippen LogP contribution < -0.4 is 0 Å². The number of likely N-dealkylation sites (tertiary alicyclic amines) is 1. The van der Waals surface area contributed by atoms with Crippen LogP contribution in [0, 0.1) is 0 Å². The second-order valence-electron chi connectivity index (χ2n) is 6.64. The third-order valence-electron chi connectivity index (χ3n) is 4.95. The molecule has 1 amide bonds. The average Bonchev–Trinajstić information content (AvgIpc) is 3.25. The first-order valence-corrected chi connectivity index (χ1v) is 9.62. The summed E-state index contributed by atoms with van der Waals surface area (Å²) in [5, 5.41) is 5.34. The van der Waals surface area contributed by atoms with E-state index in [9.17, 15) is 4.79 Å². The lowest BCUT2D eigenvalue weighted by Gasteiger charge is -2.32. The quantitative estimate of drug-likeness (QED) is 0.722. The zero-order valence-corrected chi connectivity index (χ0v) is 15.2. The molecule has 0 spiro atoms. The van der Waals surface area contributed by atoms with Crippen LogP contribution in [0.1, 0.15) is 35.9 Å². The molecule has 3 aromatic rings. The zero-order chi connectivity index (χ0) is 17.2. The highest BCUT2D eigenvalue weighted by molar-refractivity contribution is 7.18. The van der Waals surface area contributed by atoms with Crippen molar-refractivity contribution in [1.82, 2.24) is 19.7 Å². The minimum atomic E-state index is 0.243. The summed E-state index contributed by atoms with van der Waals surface area (Å²) >= 11 is 1.77. The number of carbonyl (C=O) groups is 1. The number of aryl methyl sites for hydroxylation is 2. The predicted octanol–water partition coefficient (Wildman–Crippen LogP) is 3.37. The van der Waals surface area contributed by atoms with E-state index >= 15 is 0 Å². The Morgan fingerprint density at radius 2 is 2.20 bits per heavy atom. The van der Waals surface area contributed by atoms with Gasteiger partial charge in [-0.1, -0.05) is 12.1 Å². The number of hydrogen-bond donors (Lipinski definition) is 0. The molecule has 5 nitrogen and oxygen atoms in total. The van der Waals surface area contributed by atoms with Crippen molar-refractivity contribution in [2.45, 2.75) is 31.6 Å². The summed E-state index contributed by atoms with van der Waals surface area (Å²) < 4.78 is 3.07. The monoisotopic (exact) mass is 354 g/mol. The molecule has 0 aliphatic carbocycles. The van der Waals surface area contributed by atoms with E-state index in [1.807, 2.05) is 28.8 Å². The normalized spacial score (nSPS) is 18.0. The number of benzene rings is 1. The van der Waals surface area contributed by atoms with E-state index in [1.165, 1.54) is 9.71 Å². The van der Waals surface area contributed by atoms with Gasteiger partial charge in [0, 0.05) is 44.4 Å². The standard InChI is InChI=1S/C19H22N4OS/c1-22-15(10-11-20-22)8-9-18(24)23-12-4-5-14(13-23)19-21-16-6-2-3-7-17(16)25-19/h2-3,6-7,10-11,14H,4-5,8-9,12-13H2,1H3. The Hall–Kier alpha value is -2.21. The molecule has 1 atom stereocenters. The second kappa shape index (κ2) is 6.96. The minimum Gasteiger partial charge on any atom is -0.342 e. The van der Waals surface area contributed by atoms with Gasteiger partial charge in [-0.3, -0.25) is 9.48 Å². The smallest absolute Gasteiger partial charge is 0.222 e. The molecule has 1 aromatic carbocycles. The van der Waals surface area contributed by atoms with E-state index in [0.717, 1.165) is 43.6 Å². The van der Waals surface area contributed by atoms with Crippen molar-refractivity contribution in [2.24, 2.45) is 7.05 Å². The van der Waals surface area contributed by atoms with Gasteiger partial charge in [0.05, 0.1) is 15.2 Å². The molecule has 130 valence electrons. The molecule has 4 rings (SSSR count). The molecule has 0 bridgehead atoms. The number of thiazole rings is 1. The number of amides is 1. The number of hydrogen-bond acceptors (Lipinski definition) is 4. The number of nitrogens with zero attached hydrogens (tertiary/aromatic N) is 4. The fourth-order valence-electron chi connectivity index (χ4n) is 3.51. The fourth-order valence-corrected chi connectivity index (χ4v) is 4.60. The van der Waals surface area contributed by atoms with Crippen molar-refractivity contribution in [3.05, 3.63) is 47.2 Å². The van der Waals surface area contributed by atoms with E-state index in [4.69, 9.17) is 4.98 Å². The Bertz CT molecular complexity index is 851. The first-order chi connectivity index (χ1) is 12.2. The van der Waals surface area contributed by atoms with Gasteiger partial charge in [-0.15, -0.1) is 11.3 Å². The summed E-state index contributed by atoms with van der Waals surface area (Å²) in [7, 11) is 1.92. The van der Waals surface area contributed by atoms with Crippen LogP contribution in [0.15, 0.2) is 36.5 Å². The van der Waals surface area contributed by atoms with Gasteiger partial charge in [-0.25, -0.2) is 4.98 Å². The molecule has 0 N–H and O–H groups in total. The van der Waals surface area contributed by atoms with Gasteiger partial charge in [0.25, 0.3) is 0 Å². The van der Waals surface area contributed by atoms with Crippen molar-refractivity contribution in [1.29, 1.82) is 0 Å². The summed E-state index contributed by atoms with van der Waals surface area (Å²) in [6, 6.07) is 10.2. The highest BCUT2D eigenvalue weighted by Gasteiger charge is 2.26. The predicted molar refractivity (Wildman–Crippen MR) is 99.7 cm³/mol. The topological polar surface area (TPSA) is 51.0 Å². The van der Waals surface area contributed by atoms with Gasteiger partial charge in [0.1, 0.15) is 0 Å². The maximum Gasteiger partial charge on any atom is 0.222 e. The number of fused-ring (bicyclic) bond motifs is 1. The fraction of sp³-hybridized carbons (Fsp3) is 0.421. The first-order valence-electron chi connectivity index (χ1n) is 8.81. The molecule has 25 heavy (non-hydrogen) atoms. The van der Waals surface area contributed by atoms with Crippen LogP contribution in [-0.4, -0.2) is 38.7 Å². The third kappa shape index (κ3) is 3.44. The van der Waals surface area contributed by atoms with Crippen molar-refractivity contribution in [2.75, 3.05) is 13.1 Å². The van der Waals surface area contributed by atoms with E-state index in [-0.39, 0.29) is 5.91 Å². The van der Waals surface area contributed by atoms with Gasteiger partial charge >= 0.3 is 0 Å². The average molecular weight is 354 g/mol. The van der Waals surface area contributed by atoms with Gasteiger partial charge in [0.15, 0.2) is 0 Å². The van der Waals surface area contributed by atoms with Gasteiger partial charge in [-0.05, 0) is 37.5 Å². The molecule has 1 fully saturated rings. The molecule has 1 aliphatic rings. The number of aromatic nitrogens is 3. The van der Waals surface area contributed by atoms with Crippen LogP contribution >= 0.6 is 11.3 Å². The molecule has 1 unspecified atom stereocenters. The SMILES string of the molecule is Cn1nccc1CCC(=O)N1CCCC(c2nc3ccccc3s2)C1. The summed E-state index contributed by atoms with van der Waals surface area (Å²) in [5.41, 5.74) is 2.18. The molecular weight excluding hydrogens is 332 g/mol. The van der Waals surface area contributed by atoms with E-state index in [2.05, 4.69) is 23.3 Å². The van der Waals surface area contributed by atoms with Crippen LogP contribution in [-0.2, 0) is 18.3 Å². The van der Waals surface area contributed by atoms with Crippen molar-refractivity contribution >= 4 is 27.5 Å². The van der Waals surface area contributed by atoms with E-state index in [1.54, 1.807) is 17.5 Å². The number of piperidine rings is 1.